The number of para-hydroxylation sites is 1. The van der Waals surface area contributed by atoms with Crippen molar-refractivity contribution in [2.45, 2.75) is 91.6 Å². The topological polar surface area (TPSA) is 100 Å². The van der Waals surface area contributed by atoms with Gasteiger partial charge in [-0.1, -0.05) is 24.3 Å². The molecule has 41 heavy (non-hydrogen) atoms. The van der Waals surface area contributed by atoms with E-state index in [0.29, 0.717) is 43.9 Å². The van der Waals surface area contributed by atoms with Crippen LogP contribution in [0.5, 0.6) is 11.5 Å². The van der Waals surface area contributed by atoms with Crippen LogP contribution in [0, 0.1) is 0 Å². The number of hydrogen-bond donors (Lipinski definition) is 2. The van der Waals surface area contributed by atoms with Crippen molar-refractivity contribution >= 4 is 17.9 Å². The predicted molar refractivity (Wildman–Crippen MR) is 160 cm³/mol. The molecule has 1 aliphatic heterocycles. The van der Waals surface area contributed by atoms with Crippen molar-refractivity contribution in [2.24, 2.45) is 0 Å². The van der Waals surface area contributed by atoms with Crippen molar-refractivity contribution < 1.29 is 23.9 Å². The third kappa shape index (κ3) is 8.95. The van der Waals surface area contributed by atoms with E-state index in [4.69, 9.17) is 9.47 Å². The number of alkyl carbamates (subject to hydrolysis) is 1. The number of nitrogens with zero attached hydrogens (tertiary/aromatic N) is 2. The highest BCUT2D eigenvalue weighted by Crippen LogP contribution is 2.34. The molecule has 9 heteroatoms. The average molecular weight is 567 g/mol. The van der Waals surface area contributed by atoms with Crippen molar-refractivity contribution in [3.05, 3.63) is 59.7 Å². The molecule has 0 radical (unpaired) electrons. The summed E-state index contributed by atoms with van der Waals surface area (Å²) >= 11 is 0. The third-order valence-corrected chi connectivity index (χ3v) is 6.95. The first-order chi connectivity index (χ1) is 19.3. The fourth-order valence-corrected chi connectivity index (χ4v) is 5.12. The van der Waals surface area contributed by atoms with Crippen molar-refractivity contribution in [1.29, 1.82) is 0 Å². The SMILES string of the molecule is CC(C)N(CCNC(=O)C1c2ccc(Oc3ccccc3)cc2CCN1C(=O)[C@@H](C)NC(=O)OC(C)(C)C)C(C)C. The maximum absolute atomic E-state index is 13.7. The minimum absolute atomic E-state index is 0.257. The first kappa shape index (κ1) is 31.9. The Morgan fingerprint density at radius 2 is 1.63 bits per heavy atom. The van der Waals surface area contributed by atoms with Crippen molar-refractivity contribution in [1.82, 2.24) is 20.4 Å². The molecule has 1 heterocycles. The predicted octanol–water partition coefficient (Wildman–Crippen LogP) is 5.05. The molecule has 2 aromatic rings. The van der Waals surface area contributed by atoms with Gasteiger partial charge in [-0.15, -0.1) is 0 Å². The van der Waals surface area contributed by atoms with E-state index in [0.717, 1.165) is 16.9 Å². The summed E-state index contributed by atoms with van der Waals surface area (Å²) < 4.78 is 11.4. The van der Waals surface area contributed by atoms with Gasteiger partial charge in [-0.3, -0.25) is 14.5 Å². The Morgan fingerprint density at radius 3 is 2.24 bits per heavy atom. The van der Waals surface area contributed by atoms with E-state index in [1.54, 1.807) is 32.6 Å². The maximum atomic E-state index is 13.7. The van der Waals surface area contributed by atoms with Crippen LogP contribution in [0.3, 0.4) is 0 Å². The number of nitrogens with one attached hydrogen (secondary N) is 2. The summed E-state index contributed by atoms with van der Waals surface area (Å²) in [6, 6.07) is 14.1. The van der Waals surface area contributed by atoms with Crippen LogP contribution in [-0.4, -0.2) is 71.1 Å². The monoisotopic (exact) mass is 566 g/mol. The van der Waals surface area contributed by atoms with Gasteiger partial charge in [-0.25, -0.2) is 4.79 Å². The van der Waals surface area contributed by atoms with Crippen LogP contribution in [0.25, 0.3) is 0 Å². The zero-order chi connectivity index (χ0) is 30.3. The number of benzene rings is 2. The summed E-state index contributed by atoms with van der Waals surface area (Å²) in [6.07, 6.45) is -0.133. The minimum Gasteiger partial charge on any atom is -0.457 e. The van der Waals surface area contributed by atoms with E-state index >= 15 is 0 Å². The molecule has 0 saturated heterocycles. The molecule has 2 N–H and O–H groups in total. The lowest BCUT2D eigenvalue weighted by Gasteiger charge is -2.38. The summed E-state index contributed by atoms with van der Waals surface area (Å²) in [5.41, 5.74) is 0.997. The second-order valence-electron chi connectivity index (χ2n) is 12.0. The Hall–Kier alpha value is -3.59. The third-order valence-electron chi connectivity index (χ3n) is 6.95. The van der Waals surface area contributed by atoms with E-state index in [1.165, 1.54) is 0 Å². The number of amides is 3. The molecule has 3 amide bonds. The molecule has 1 aliphatic rings. The van der Waals surface area contributed by atoms with Crippen LogP contribution in [0.1, 0.15) is 72.6 Å². The fraction of sp³-hybridized carbons (Fsp3) is 0.531. The normalized spacial score (nSPS) is 15.9. The Kier molecular flexibility index (Phi) is 10.8. The van der Waals surface area contributed by atoms with Crippen LogP contribution in [0.2, 0.25) is 0 Å². The fourth-order valence-electron chi connectivity index (χ4n) is 5.12. The van der Waals surface area contributed by atoms with Crippen LogP contribution >= 0.6 is 0 Å². The highest BCUT2D eigenvalue weighted by atomic mass is 16.6. The molecular formula is C32H46N4O5. The average Bonchev–Trinajstić information content (AvgIpc) is 2.88. The van der Waals surface area contributed by atoms with Gasteiger partial charge in [0.05, 0.1) is 0 Å². The van der Waals surface area contributed by atoms with Crippen LogP contribution in [-0.2, 0) is 20.7 Å². The standard InChI is InChI=1S/C32H46N4O5/c1-21(2)35(22(3)4)19-17-33-29(37)28-27-15-14-26(40-25-12-10-9-11-13-25)20-24(27)16-18-36(28)30(38)23(5)34-31(39)41-32(6,7)8/h9-15,20-23,28H,16-19H2,1-8H3,(H,33,37)(H,34,39)/t23-,28?/m1/s1. The van der Waals surface area contributed by atoms with E-state index in [1.807, 2.05) is 48.5 Å². The first-order valence-electron chi connectivity index (χ1n) is 14.5. The lowest BCUT2D eigenvalue weighted by molar-refractivity contribution is -0.142. The number of carbonyl (C=O) groups excluding carboxylic acids is 3. The van der Waals surface area contributed by atoms with Gasteiger partial charge in [0.15, 0.2) is 0 Å². The van der Waals surface area contributed by atoms with Crippen LogP contribution in [0.4, 0.5) is 4.79 Å². The van der Waals surface area contributed by atoms with Gasteiger partial charge >= 0.3 is 6.09 Å². The molecule has 0 fully saturated rings. The van der Waals surface area contributed by atoms with Gasteiger partial charge in [0.2, 0.25) is 11.8 Å². The molecule has 3 rings (SSSR count). The van der Waals surface area contributed by atoms with Crippen LogP contribution < -0.4 is 15.4 Å². The van der Waals surface area contributed by atoms with Gasteiger partial charge < -0.3 is 25.0 Å². The lowest BCUT2D eigenvalue weighted by Crippen LogP contribution is -2.54. The lowest BCUT2D eigenvalue weighted by atomic mass is 9.91. The van der Waals surface area contributed by atoms with Crippen molar-refractivity contribution in [3.8, 4) is 11.5 Å². The van der Waals surface area contributed by atoms with E-state index in [2.05, 4.69) is 43.2 Å². The number of carbonyl (C=O) groups is 3. The minimum atomic E-state index is -0.875. The van der Waals surface area contributed by atoms with E-state index < -0.39 is 23.8 Å². The largest absolute Gasteiger partial charge is 0.457 e. The zero-order valence-corrected chi connectivity index (χ0v) is 25.7. The number of hydrogen-bond acceptors (Lipinski definition) is 6. The second kappa shape index (κ2) is 13.9. The number of rotatable bonds is 10. The highest BCUT2D eigenvalue weighted by molar-refractivity contribution is 5.92. The number of fused-ring (bicyclic) bond motifs is 1. The van der Waals surface area contributed by atoms with Crippen molar-refractivity contribution in [3.63, 3.8) is 0 Å². The quantitative estimate of drug-likeness (QED) is 0.417. The molecule has 2 atom stereocenters. The summed E-state index contributed by atoms with van der Waals surface area (Å²) in [5, 5.41) is 5.69. The molecule has 9 nitrogen and oxygen atoms in total. The molecular weight excluding hydrogens is 520 g/mol. The molecule has 1 unspecified atom stereocenters. The Morgan fingerprint density at radius 1 is 0.976 bits per heavy atom. The molecule has 0 aliphatic carbocycles. The summed E-state index contributed by atoms with van der Waals surface area (Å²) in [6.45, 7) is 16.9. The Bertz CT molecular complexity index is 1180. The molecule has 0 bridgehead atoms. The first-order valence-corrected chi connectivity index (χ1v) is 14.5. The molecule has 0 aromatic heterocycles. The van der Waals surface area contributed by atoms with Gasteiger partial charge in [-0.2, -0.15) is 0 Å². The van der Waals surface area contributed by atoms with Gasteiger partial charge in [0, 0.05) is 31.7 Å². The molecule has 0 saturated carbocycles. The summed E-state index contributed by atoms with van der Waals surface area (Å²) in [7, 11) is 0. The molecule has 0 spiro atoms. The Labute approximate surface area is 244 Å². The molecule has 224 valence electrons. The molecule has 2 aromatic carbocycles. The van der Waals surface area contributed by atoms with Crippen LogP contribution in [0.15, 0.2) is 48.5 Å². The van der Waals surface area contributed by atoms with E-state index in [-0.39, 0.29) is 11.8 Å². The van der Waals surface area contributed by atoms with Gasteiger partial charge in [0.25, 0.3) is 0 Å². The smallest absolute Gasteiger partial charge is 0.408 e. The number of ether oxygens (including phenoxy) is 2. The van der Waals surface area contributed by atoms with Crippen molar-refractivity contribution in [2.75, 3.05) is 19.6 Å². The maximum Gasteiger partial charge on any atom is 0.408 e. The van der Waals surface area contributed by atoms with Gasteiger partial charge in [-0.05, 0) is 97.2 Å². The summed E-state index contributed by atoms with van der Waals surface area (Å²) in [5.74, 6) is 0.778. The van der Waals surface area contributed by atoms with E-state index in [9.17, 15) is 14.4 Å². The zero-order valence-electron chi connectivity index (χ0n) is 25.7. The summed E-state index contributed by atoms with van der Waals surface area (Å²) in [4.78, 5) is 43.6. The second-order valence-corrected chi connectivity index (χ2v) is 12.0. The Balaban J connectivity index is 1.84. The van der Waals surface area contributed by atoms with Gasteiger partial charge in [0.1, 0.15) is 29.2 Å². The highest BCUT2D eigenvalue weighted by Gasteiger charge is 2.38.